The van der Waals surface area contributed by atoms with Crippen LogP contribution < -0.4 is 5.32 Å². The molecule has 1 aromatic rings. The summed E-state index contributed by atoms with van der Waals surface area (Å²) in [5.74, 6) is 5.36. The molecule has 3 heteroatoms. The Kier molecular flexibility index (Phi) is 7.46. The van der Waals surface area contributed by atoms with Crippen LogP contribution in [0, 0.1) is 18.8 Å². The fourth-order valence-corrected chi connectivity index (χ4v) is 1.93. The lowest BCUT2D eigenvalue weighted by atomic mass is 10.0. The maximum atomic E-state index is 12.1. The van der Waals surface area contributed by atoms with Crippen LogP contribution in [0.15, 0.2) is 18.2 Å². The van der Waals surface area contributed by atoms with Crippen molar-refractivity contribution in [2.24, 2.45) is 0 Å². The molecule has 0 atom stereocenters. The molecule has 0 aromatic heterocycles. The zero-order valence-corrected chi connectivity index (χ0v) is 12.3. The first-order chi connectivity index (χ1) is 9.69. The predicted molar refractivity (Wildman–Crippen MR) is 81.6 cm³/mol. The van der Waals surface area contributed by atoms with E-state index in [0.717, 1.165) is 24.0 Å². The third-order valence-corrected chi connectivity index (χ3v) is 3.11. The number of amides is 1. The van der Waals surface area contributed by atoms with Gasteiger partial charge >= 0.3 is 0 Å². The van der Waals surface area contributed by atoms with Crippen LogP contribution in [0.25, 0.3) is 0 Å². The molecule has 0 saturated carbocycles. The Morgan fingerprint density at radius 2 is 2.10 bits per heavy atom. The molecule has 3 nitrogen and oxygen atoms in total. The minimum Gasteiger partial charge on any atom is -0.384 e. The third-order valence-electron chi connectivity index (χ3n) is 3.11. The van der Waals surface area contributed by atoms with Crippen LogP contribution in [0.3, 0.4) is 0 Å². The summed E-state index contributed by atoms with van der Waals surface area (Å²) < 4.78 is 0. The van der Waals surface area contributed by atoms with Crippen LogP contribution in [0.1, 0.15) is 54.1 Å². The average molecular weight is 273 g/mol. The van der Waals surface area contributed by atoms with Crippen molar-refractivity contribution in [3.8, 4) is 11.8 Å². The number of carbonyl (C=O) groups is 1. The first kappa shape index (κ1) is 16.3. The number of nitrogens with one attached hydrogen (secondary N) is 1. The summed E-state index contributed by atoms with van der Waals surface area (Å²) in [7, 11) is 0. The molecule has 20 heavy (non-hydrogen) atoms. The maximum absolute atomic E-state index is 12.1. The molecule has 2 N–H and O–H groups in total. The molecule has 0 fully saturated rings. The van der Waals surface area contributed by atoms with Gasteiger partial charge in [-0.2, -0.15) is 0 Å². The van der Waals surface area contributed by atoms with E-state index in [9.17, 15) is 4.79 Å². The van der Waals surface area contributed by atoms with E-state index in [1.807, 2.05) is 19.1 Å². The van der Waals surface area contributed by atoms with Gasteiger partial charge < -0.3 is 10.4 Å². The first-order valence-electron chi connectivity index (χ1n) is 7.17. The molecular weight excluding hydrogens is 250 g/mol. The quantitative estimate of drug-likeness (QED) is 0.618. The molecule has 1 aromatic carbocycles. The van der Waals surface area contributed by atoms with Gasteiger partial charge in [0.2, 0.25) is 0 Å². The standard InChI is InChI=1S/C17H23NO2/c1-3-4-5-6-11-18-17(20)16-13-15(8-7-12-19)10-9-14(16)2/h9-10,13,19H,3-6,11-12H2,1-2H3,(H,18,20). The van der Waals surface area contributed by atoms with Crippen LogP contribution in [-0.2, 0) is 0 Å². The summed E-state index contributed by atoms with van der Waals surface area (Å²) in [5, 5.41) is 11.6. The van der Waals surface area contributed by atoms with Crippen LogP contribution in [0.2, 0.25) is 0 Å². The Morgan fingerprint density at radius 3 is 2.80 bits per heavy atom. The van der Waals surface area contributed by atoms with Crippen LogP contribution in [-0.4, -0.2) is 24.2 Å². The minimum atomic E-state index is -0.174. The SMILES string of the molecule is CCCCCCNC(=O)c1cc(C#CCO)ccc1C. The van der Waals surface area contributed by atoms with Crippen molar-refractivity contribution < 1.29 is 9.90 Å². The number of hydrogen-bond donors (Lipinski definition) is 2. The molecule has 0 aliphatic heterocycles. The van der Waals surface area contributed by atoms with Gasteiger partial charge in [0, 0.05) is 17.7 Å². The highest BCUT2D eigenvalue weighted by atomic mass is 16.2. The van der Waals surface area contributed by atoms with E-state index in [1.165, 1.54) is 12.8 Å². The normalized spacial score (nSPS) is 9.75. The zero-order chi connectivity index (χ0) is 14.8. The molecule has 0 radical (unpaired) electrons. The fraction of sp³-hybridized carbons (Fsp3) is 0.471. The van der Waals surface area contributed by atoms with Gasteiger partial charge in [0.15, 0.2) is 0 Å². The lowest BCUT2D eigenvalue weighted by Crippen LogP contribution is -2.25. The van der Waals surface area contributed by atoms with Crippen molar-refractivity contribution >= 4 is 5.91 Å². The maximum Gasteiger partial charge on any atom is 0.251 e. The van der Waals surface area contributed by atoms with Gasteiger partial charge in [0.25, 0.3) is 5.91 Å². The molecule has 108 valence electrons. The van der Waals surface area contributed by atoms with Gasteiger partial charge in [-0.3, -0.25) is 4.79 Å². The number of aliphatic hydroxyl groups is 1. The van der Waals surface area contributed by atoms with Crippen molar-refractivity contribution in [2.45, 2.75) is 39.5 Å². The number of aryl methyl sites for hydroxylation is 1. The highest BCUT2D eigenvalue weighted by Gasteiger charge is 2.08. The van der Waals surface area contributed by atoms with E-state index in [2.05, 4.69) is 24.1 Å². The van der Waals surface area contributed by atoms with Crippen molar-refractivity contribution in [2.75, 3.05) is 13.2 Å². The third kappa shape index (κ3) is 5.46. The molecule has 0 spiro atoms. The predicted octanol–water partition coefficient (Wildman–Crippen LogP) is 2.65. The first-order valence-corrected chi connectivity index (χ1v) is 7.17. The van der Waals surface area contributed by atoms with Crippen LogP contribution in [0.5, 0.6) is 0 Å². The van der Waals surface area contributed by atoms with E-state index < -0.39 is 0 Å². The molecule has 0 saturated heterocycles. The second kappa shape index (κ2) is 9.17. The number of aliphatic hydroxyl groups excluding tert-OH is 1. The summed E-state index contributed by atoms with van der Waals surface area (Å²) in [5.41, 5.74) is 2.34. The summed E-state index contributed by atoms with van der Waals surface area (Å²) >= 11 is 0. The van der Waals surface area contributed by atoms with Gasteiger partial charge in [-0.15, -0.1) is 0 Å². The zero-order valence-electron chi connectivity index (χ0n) is 12.3. The van der Waals surface area contributed by atoms with Gasteiger partial charge in [0.1, 0.15) is 6.61 Å². The Morgan fingerprint density at radius 1 is 1.30 bits per heavy atom. The topological polar surface area (TPSA) is 49.3 Å². The second-order valence-electron chi connectivity index (χ2n) is 4.81. The summed E-state index contributed by atoms with van der Waals surface area (Å²) in [4.78, 5) is 12.1. The fourth-order valence-electron chi connectivity index (χ4n) is 1.93. The largest absolute Gasteiger partial charge is 0.384 e. The van der Waals surface area contributed by atoms with Crippen molar-refractivity contribution in [1.82, 2.24) is 5.32 Å². The average Bonchev–Trinajstić information content (AvgIpc) is 2.46. The molecule has 0 heterocycles. The van der Waals surface area contributed by atoms with Gasteiger partial charge in [-0.25, -0.2) is 0 Å². The van der Waals surface area contributed by atoms with E-state index in [1.54, 1.807) is 6.07 Å². The van der Waals surface area contributed by atoms with E-state index in [4.69, 9.17) is 5.11 Å². The Labute approximate surface area is 121 Å². The number of carbonyl (C=O) groups excluding carboxylic acids is 1. The molecule has 0 aliphatic carbocycles. The van der Waals surface area contributed by atoms with Crippen molar-refractivity contribution in [3.05, 3.63) is 34.9 Å². The van der Waals surface area contributed by atoms with E-state index >= 15 is 0 Å². The number of benzene rings is 1. The summed E-state index contributed by atoms with van der Waals surface area (Å²) in [6.45, 7) is 4.62. The molecule has 1 rings (SSSR count). The highest BCUT2D eigenvalue weighted by Crippen LogP contribution is 2.10. The monoisotopic (exact) mass is 273 g/mol. The second-order valence-corrected chi connectivity index (χ2v) is 4.81. The van der Waals surface area contributed by atoms with E-state index in [-0.39, 0.29) is 12.5 Å². The van der Waals surface area contributed by atoms with Crippen LogP contribution >= 0.6 is 0 Å². The van der Waals surface area contributed by atoms with Crippen molar-refractivity contribution in [3.63, 3.8) is 0 Å². The van der Waals surface area contributed by atoms with E-state index in [0.29, 0.717) is 12.1 Å². The summed E-state index contributed by atoms with van der Waals surface area (Å²) in [6.07, 6.45) is 4.57. The van der Waals surface area contributed by atoms with Gasteiger partial charge in [0.05, 0.1) is 0 Å². The van der Waals surface area contributed by atoms with Crippen molar-refractivity contribution in [1.29, 1.82) is 0 Å². The summed E-state index contributed by atoms with van der Waals surface area (Å²) in [6, 6.07) is 5.52. The lowest BCUT2D eigenvalue weighted by molar-refractivity contribution is 0.0952. The lowest BCUT2D eigenvalue weighted by Gasteiger charge is -2.08. The Hall–Kier alpha value is -1.79. The molecule has 1 amide bonds. The smallest absolute Gasteiger partial charge is 0.251 e. The highest BCUT2D eigenvalue weighted by molar-refractivity contribution is 5.96. The number of rotatable bonds is 6. The Bertz CT molecular complexity index is 497. The van der Waals surface area contributed by atoms with Gasteiger partial charge in [-0.1, -0.05) is 44.1 Å². The van der Waals surface area contributed by atoms with Gasteiger partial charge in [-0.05, 0) is 31.0 Å². The molecule has 0 unspecified atom stereocenters. The van der Waals surface area contributed by atoms with Crippen LogP contribution in [0.4, 0.5) is 0 Å². The number of hydrogen-bond acceptors (Lipinski definition) is 2. The minimum absolute atomic E-state index is 0.0494. The molecule has 0 bridgehead atoms. The molecule has 0 aliphatic rings. The molecular formula is C17H23NO2. The Balaban J connectivity index is 2.62. The number of unbranched alkanes of at least 4 members (excludes halogenated alkanes) is 3.